The molecular formula is C23H31N3O5S. The maximum Gasteiger partial charge on any atom is 0.229 e. The summed E-state index contributed by atoms with van der Waals surface area (Å²) in [5.41, 5.74) is 1.56. The normalized spacial score (nSPS) is 22.1. The van der Waals surface area contributed by atoms with Crippen LogP contribution in [0.2, 0.25) is 0 Å². The summed E-state index contributed by atoms with van der Waals surface area (Å²) in [6, 6.07) is 7.02. The third-order valence-electron chi connectivity index (χ3n) is 6.36. The van der Waals surface area contributed by atoms with Gasteiger partial charge in [-0.2, -0.15) is 0 Å². The molecule has 32 heavy (non-hydrogen) atoms. The second-order valence-electron chi connectivity index (χ2n) is 8.67. The third kappa shape index (κ3) is 4.84. The molecule has 1 aliphatic carbocycles. The van der Waals surface area contributed by atoms with E-state index >= 15 is 0 Å². The molecule has 2 aliphatic rings. The Morgan fingerprint density at radius 2 is 1.94 bits per heavy atom. The lowest BCUT2D eigenvalue weighted by Crippen LogP contribution is -2.57. The molecule has 1 saturated carbocycles. The van der Waals surface area contributed by atoms with Crippen LogP contribution in [0.3, 0.4) is 0 Å². The number of fused-ring (bicyclic) bond motifs is 1. The van der Waals surface area contributed by atoms with Crippen LogP contribution in [-0.2, 0) is 16.4 Å². The zero-order chi connectivity index (χ0) is 22.8. The van der Waals surface area contributed by atoms with Crippen molar-refractivity contribution in [2.75, 3.05) is 24.6 Å². The maximum atomic E-state index is 11.9. The van der Waals surface area contributed by atoms with E-state index in [4.69, 9.17) is 9.47 Å². The van der Waals surface area contributed by atoms with Gasteiger partial charge in [0, 0.05) is 24.0 Å². The summed E-state index contributed by atoms with van der Waals surface area (Å²) in [5.74, 6) is 0.955. The van der Waals surface area contributed by atoms with Crippen molar-refractivity contribution < 1.29 is 23.0 Å². The van der Waals surface area contributed by atoms with E-state index in [1.165, 1.54) is 7.11 Å². The molecule has 1 fully saturated rings. The van der Waals surface area contributed by atoms with Gasteiger partial charge in [0.1, 0.15) is 23.2 Å². The highest BCUT2D eigenvalue weighted by molar-refractivity contribution is 7.92. The molecule has 0 saturated heterocycles. The lowest BCUT2D eigenvalue weighted by molar-refractivity contribution is -0.107. The van der Waals surface area contributed by atoms with Crippen LogP contribution < -0.4 is 19.5 Å². The first-order chi connectivity index (χ1) is 15.3. The molecule has 2 aromatic rings. The number of aromatic nitrogens is 1. The van der Waals surface area contributed by atoms with Gasteiger partial charge in [0.15, 0.2) is 0 Å². The minimum Gasteiger partial charge on any atom is -0.495 e. The molecule has 1 aromatic carbocycles. The van der Waals surface area contributed by atoms with Gasteiger partial charge in [-0.1, -0.05) is 6.42 Å². The lowest BCUT2D eigenvalue weighted by atomic mass is 9.74. The number of hydrogen-bond donors (Lipinski definition) is 3. The van der Waals surface area contributed by atoms with Crippen molar-refractivity contribution in [2.45, 2.75) is 56.3 Å². The van der Waals surface area contributed by atoms with Crippen molar-refractivity contribution >= 4 is 15.7 Å². The zero-order valence-electron chi connectivity index (χ0n) is 18.5. The summed E-state index contributed by atoms with van der Waals surface area (Å²) >= 11 is 0. The molecule has 0 radical (unpaired) electrons. The number of hydrogen-bond acceptors (Lipinski definition) is 7. The Morgan fingerprint density at radius 1 is 1.22 bits per heavy atom. The van der Waals surface area contributed by atoms with Crippen molar-refractivity contribution in [2.24, 2.45) is 0 Å². The van der Waals surface area contributed by atoms with Gasteiger partial charge in [0.2, 0.25) is 10.0 Å². The van der Waals surface area contributed by atoms with E-state index in [-0.39, 0.29) is 6.04 Å². The van der Waals surface area contributed by atoms with Gasteiger partial charge in [-0.3, -0.25) is 9.71 Å². The van der Waals surface area contributed by atoms with Crippen LogP contribution >= 0.6 is 0 Å². The number of benzene rings is 1. The fourth-order valence-corrected chi connectivity index (χ4v) is 5.36. The summed E-state index contributed by atoms with van der Waals surface area (Å²) in [4.78, 5) is 4.06. The molecule has 0 amide bonds. The van der Waals surface area contributed by atoms with Crippen molar-refractivity contribution in [3.8, 4) is 11.5 Å². The summed E-state index contributed by atoms with van der Waals surface area (Å²) in [5, 5.41) is 15.0. The van der Waals surface area contributed by atoms with Crippen LogP contribution in [0.5, 0.6) is 11.5 Å². The minimum atomic E-state index is -3.49. The van der Waals surface area contributed by atoms with E-state index in [2.05, 4.69) is 15.0 Å². The molecule has 1 aromatic heterocycles. The van der Waals surface area contributed by atoms with Crippen molar-refractivity contribution in [1.82, 2.24) is 10.3 Å². The highest BCUT2D eigenvalue weighted by Crippen LogP contribution is 2.49. The predicted molar refractivity (Wildman–Crippen MR) is 123 cm³/mol. The number of nitrogens with one attached hydrogen (secondary N) is 2. The number of sulfonamides is 1. The zero-order valence-corrected chi connectivity index (χ0v) is 19.3. The smallest absolute Gasteiger partial charge is 0.229 e. The van der Waals surface area contributed by atoms with Gasteiger partial charge >= 0.3 is 0 Å². The Kier molecular flexibility index (Phi) is 6.60. The standard InChI is InChI=1S/C23H31N3O5S/c1-30-20-14-17-19(15-18(20)26-32(2,28)29)31-23(9-4-3-5-10-23)22(27)21(17)25-13-8-16-6-11-24-12-7-16/h6-7,11-12,14-15,21-22,25-27H,3-5,8-10,13H2,1-2H3. The number of anilines is 1. The molecule has 1 aliphatic heterocycles. The minimum absolute atomic E-state index is 0.326. The number of aliphatic hydroxyl groups is 1. The van der Waals surface area contributed by atoms with Crippen LogP contribution in [0.25, 0.3) is 0 Å². The van der Waals surface area contributed by atoms with Gasteiger partial charge in [-0.25, -0.2) is 8.42 Å². The fourth-order valence-electron chi connectivity index (χ4n) is 4.80. The molecule has 2 unspecified atom stereocenters. The lowest BCUT2D eigenvalue weighted by Gasteiger charge is -2.48. The highest BCUT2D eigenvalue weighted by atomic mass is 32.2. The molecule has 9 heteroatoms. The van der Waals surface area contributed by atoms with Gasteiger partial charge < -0.3 is 19.9 Å². The Labute approximate surface area is 189 Å². The number of methoxy groups -OCH3 is 1. The Balaban J connectivity index is 1.67. The largest absolute Gasteiger partial charge is 0.495 e. The Bertz CT molecular complexity index is 1040. The van der Waals surface area contributed by atoms with Crippen LogP contribution in [-0.4, -0.2) is 50.1 Å². The van der Waals surface area contributed by atoms with E-state index in [0.717, 1.165) is 55.9 Å². The average Bonchev–Trinajstić information content (AvgIpc) is 2.76. The monoisotopic (exact) mass is 461 g/mol. The molecule has 174 valence electrons. The molecule has 2 atom stereocenters. The molecule has 3 N–H and O–H groups in total. The molecule has 8 nitrogen and oxygen atoms in total. The second kappa shape index (κ2) is 9.25. The quantitative estimate of drug-likeness (QED) is 0.582. The van der Waals surface area contributed by atoms with E-state index in [1.807, 2.05) is 12.1 Å². The van der Waals surface area contributed by atoms with E-state index in [0.29, 0.717) is 23.7 Å². The van der Waals surface area contributed by atoms with Gasteiger partial charge in [0.05, 0.1) is 25.1 Å². The predicted octanol–water partition coefficient (Wildman–Crippen LogP) is 2.79. The van der Waals surface area contributed by atoms with Crippen LogP contribution in [0, 0.1) is 0 Å². The molecule has 1 spiro atoms. The first-order valence-corrected chi connectivity index (χ1v) is 12.9. The number of rotatable bonds is 7. The maximum absolute atomic E-state index is 11.9. The average molecular weight is 462 g/mol. The summed E-state index contributed by atoms with van der Waals surface area (Å²) in [6.45, 7) is 0.660. The third-order valence-corrected chi connectivity index (χ3v) is 6.95. The SMILES string of the molecule is COc1cc2c(cc1NS(C)(=O)=O)OC1(CCCCC1)C(O)C2NCCc1ccncc1. The van der Waals surface area contributed by atoms with Gasteiger partial charge in [-0.15, -0.1) is 0 Å². The number of ether oxygens (including phenoxy) is 2. The summed E-state index contributed by atoms with van der Waals surface area (Å²) in [6.07, 6.45) is 9.32. The van der Waals surface area contributed by atoms with Crippen molar-refractivity contribution in [1.29, 1.82) is 0 Å². The molecule has 4 rings (SSSR count). The van der Waals surface area contributed by atoms with Gasteiger partial charge in [-0.05, 0) is 62.4 Å². The second-order valence-corrected chi connectivity index (χ2v) is 10.4. The van der Waals surface area contributed by atoms with Crippen LogP contribution in [0.15, 0.2) is 36.7 Å². The topological polar surface area (TPSA) is 110 Å². The van der Waals surface area contributed by atoms with E-state index in [9.17, 15) is 13.5 Å². The van der Waals surface area contributed by atoms with Crippen molar-refractivity contribution in [3.63, 3.8) is 0 Å². The number of aliphatic hydroxyl groups excluding tert-OH is 1. The van der Waals surface area contributed by atoms with Crippen LogP contribution in [0.4, 0.5) is 5.69 Å². The highest BCUT2D eigenvalue weighted by Gasteiger charge is 2.49. The van der Waals surface area contributed by atoms with Crippen LogP contribution in [0.1, 0.15) is 49.3 Å². The first kappa shape index (κ1) is 22.8. The van der Waals surface area contributed by atoms with E-state index in [1.54, 1.807) is 24.5 Å². The Morgan fingerprint density at radius 3 is 2.59 bits per heavy atom. The van der Waals surface area contributed by atoms with Gasteiger partial charge in [0.25, 0.3) is 0 Å². The van der Waals surface area contributed by atoms with E-state index < -0.39 is 21.7 Å². The molecular weight excluding hydrogens is 430 g/mol. The van der Waals surface area contributed by atoms with Crippen molar-refractivity contribution in [3.05, 3.63) is 47.8 Å². The summed E-state index contributed by atoms with van der Waals surface area (Å²) < 4.78 is 38.1. The number of pyridine rings is 1. The first-order valence-electron chi connectivity index (χ1n) is 11.0. The summed E-state index contributed by atoms with van der Waals surface area (Å²) in [7, 11) is -2.00. The number of nitrogens with zero attached hydrogens (tertiary/aromatic N) is 1. The molecule has 2 heterocycles. The molecule has 0 bridgehead atoms. The fraction of sp³-hybridized carbons (Fsp3) is 0.522. The Hall–Kier alpha value is -2.36.